The van der Waals surface area contributed by atoms with Crippen LogP contribution in [0.4, 0.5) is 5.69 Å². The molecule has 4 aromatic rings. The topological polar surface area (TPSA) is 79.2 Å². The fourth-order valence-corrected chi connectivity index (χ4v) is 3.84. The number of aromatic nitrogens is 4. The predicted octanol–water partition coefficient (Wildman–Crippen LogP) is 3.93. The molecule has 0 N–H and O–H groups in total. The summed E-state index contributed by atoms with van der Waals surface area (Å²) in [5, 5.41) is 19.0. The normalized spacial score (nSPS) is 17.8. The van der Waals surface area contributed by atoms with Crippen molar-refractivity contribution in [1.29, 1.82) is 5.26 Å². The summed E-state index contributed by atoms with van der Waals surface area (Å²) >= 11 is 0. The van der Waals surface area contributed by atoms with Crippen LogP contribution >= 0.6 is 0 Å². The maximum absolute atomic E-state index is 12.5. The zero-order valence-electron chi connectivity index (χ0n) is 16.8. The molecule has 7 nitrogen and oxygen atoms in total. The van der Waals surface area contributed by atoms with Crippen LogP contribution in [0, 0.1) is 17.2 Å². The van der Waals surface area contributed by atoms with Gasteiger partial charge in [0.25, 0.3) is 0 Å². The summed E-state index contributed by atoms with van der Waals surface area (Å²) in [6, 6.07) is 12.1. The monoisotopic (exact) mass is 398 g/mol. The van der Waals surface area contributed by atoms with Crippen molar-refractivity contribution in [3.63, 3.8) is 0 Å². The van der Waals surface area contributed by atoms with Crippen LogP contribution in [0.15, 0.2) is 48.9 Å². The van der Waals surface area contributed by atoms with Gasteiger partial charge in [0.1, 0.15) is 5.92 Å². The fraction of sp³-hybridized carbons (Fsp3) is 0.304. The summed E-state index contributed by atoms with van der Waals surface area (Å²) < 4.78 is 3.64. The lowest BCUT2D eigenvalue weighted by atomic mass is 10.0. The molecule has 1 aromatic carbocycles. The summed E-state index contributed by atoms with van der Waals surface area (Å²) in [7, 11) is 1.92. The molecule has 150 valence electrons. The van der Waals surface area contributed by atoms with Gasteiger partial charge in [0.2, 0.25) is 5.91 Å². The highest BCUT2D eigenvalue weighted by atomic mass is 16.2. The van der Waals surface area contributed by atoms with Crippen LogP contribution in [0.25, 0.3) is 27.5 Å². The molecule has 4 heterocycles. The highest BCUT2D eigenvalue weighted by Crippen LogP contribution is 2.34. The van der Waals surface area contributed by atoms with Gasteiger partial charge in [0.05, 0.1) is 29.0 Å². The minimum atomic E-state index is -0.559. The lowest BCUT2D eigenvalue weighted by Crippen LogP contribution is -2.27. The van der Waals surface area contributed by atoms with Crippen LogP contribution in [0.3, 0.4) is 0 Å². The number of benzene rings is 1. The van der Waals surface area contributed by atoms with E-state index in [-0.39, 0.29) is 5.91 Å². The molecule has 2 fully saturated rings. The summed E-state index contributed by atoms with van der Waals surface area (Å²) in [6.07, 6.45) is 10.6. The van der Waals surface area contributed by atoms with E-state index in [1.165, 1.54) is 19.3 Å². The van der Waals surface area contributed by atoms with Crippen LogP contribution in [-0.2, 0) is 11.8 Å². The Morgan fingerprint density at radius 3 is 2.70 bits per heavy atom. The molecule has 1 amide bonds. The van der Waals surface area contributed by atoms with Crippen LogP contribution in [0.5, 0.6) is 0 Å². The molecule has 0 spiro atoms. The number of amides is 1. The number of aryl methyl sites for hydroxylation is 1. The third-order valence-electron chi connectivity index (χ3n) is 5.59. The van der Waals surface area contributed by atoms with E-state index >= 15 is 0 Å². The molecular formula is C23H22N6O. The zero-order valence-corrected chi connectivity index (χ0v) is 16.8. The third kappa shape index (κ3) is 3.11. The number of fused-ring (bicyclic) bond motifs is 2. The second-order valence-electron chi connectivity index (χ2n) is 7.80. The van der Waals surface area contributed by atoms with Gasteiger partial charge in [-0.2, -0.15) is 15.5 Å². The number of nitriles is 1. The lowest BCUT2D eigenvalue weighted by molar-refractivity contribution is -0.118. The molecule has 6 rings (SSSR count). The van der Waals surface area contributed by atoms with Crippen LogP contribution in [0.2, 0.25) is 0 Å². The van der Waals surface area contributed by atoms with E-state index in [4.69, 9.17) is 5.26 Å². The average molecular weight is 398 g/mol. The molecule has 3 aromatic heterocycles. The largest absolute Gasteiger partial charge is 0.309 e. The van der Waals surface area contributed by atoms with Gasteiger partial charge in [-0.05, 0) is 30.2 Å². The molecule has 1 saturated carbocycles. The van der Waals surface area contributed by atoms with E-state index in [1.54, 1.807) is 15.6 Å². The Labute approximate surface area is 174 Å². The molecule has 1 aliphatic carbocycles. The van der Waals surface area contributed by atoms with Crippen molar-refractivity contribution in [2.24, 2.45) is 13.0 Å². The minimum Gasteiger partial charge on any atom is -0.309 e. The smallest absolute Gasteiger partial charge is 0.244 e. The summed E-state index contributed by atoms with van der Waals surface area (Å²) in [4.78, 5) is 14.2. The van der Waals surface area contributed by atoms with Crippen LogP contribution in [0.1, 0.15) is 25.7 Å². The lowest BCUT2D eigenvalue weighted by Gasteiger charge is -2.16. The standard InChI is InChI=1S/C20H16N6O.C3H6/c1-24-17-4-2-3-15(16(17)11-23-24)14-9-19-18(5-7-22-26(19)12-14)25-8-6-13(10-21)20(25)27;1-2-3-1/h2-5,7,9,11-13H,6,8H2,1H3;1-3H2. The van der Waals surface area contributed by atoms with Gasteiger partial charge in [-0.15, -0.1) is 0 Å². The molecule has 0 radical (unpaired) electrons. The van der Waals surface area contributed by atoms with Crippen molar-refractivity contribution in [3.8, 4) is 17.2 Å². The predicted molar refractivity (Wildman–Crippen MR) is 115 cm³/mol. The first kappa shape index (κ1) is 18.4. The quantitative estimate of drug-likeness (QED) is 0.512. The summed E-state index contributed by atoms with van der Waals surface area (Å²) in [5.74, 6) is -0.695. The molecule has 1 aliphatic heterocycles. The maximum atomic E-state index is 12.5. The number of nitrogens with zero attached hydrogens (tertiary/aromatic N) is 6. The van der Waals surface area contributed by atoms with E-state index in [0.29, 0.717) is 13.0 Å². The van der Waals surface area contributed by atoms with Gasteiger partial charge >= 0.3 is 0 Å². The number of carbonyl (C=O) groups excluding carboxylic acids is 1. The Bertz CT molecular complexity index is 1290. The second-order valence-corrected chi connectivity index (χ2v) is 7.80. The Hall–Kier alpha value is -3.66. The Morgan fingerprint density at radius 1 is 1.13 bits per heavy atom. The van der Waals surface area contributed by atoms with Gasteiger partial charge in [-0.3, -0.25) is 9.48 Å². The molecular weight excluding hydrogens is 376 g/mol. The number of hydrogen-bond acceptors (Lipinski definition) is 4. The fourth-order valence-electron chi connectivity index (χ4n) is 3.84. The minimum absolute atomic E-state index is 0.136. The van der Waals surface area contributed by atoms with Crippen molar-refractivity contribution >= 4 is 28.0 Å². The van der Waals surface area contributed by atoms with Crippen molar-refractivity contribution in [1.82, 2.24) is 19.4 Å². The van der Waals surface area contributed by atoms with E-state index in [0.717, 1.165) is 33.2 Å². The molecule has 0 bridgehead atoms. The Kier molecular flexibility index (Phi) is 4.47. The molecule has 1 unspecified atom stereocenters. The molecule has 7 heteroatoms. The first-order valence-corrected chi connectivity index (χ1v) is 10.3. The summed E-state index contributed by atoms with van der Waals surface area (Å²) in [5.41, 5.74) is 4.77. The zero-order chi connectivity index (χ0) is 20.7. The van der Waals surface area contributed by atoms with Crippen molar-refractivity contribution in [3.05, 3.63) is 48.9 Å². The summed E-state index contributed by atoms with van der Waals surface area (Å²) in [6.45, 7) is 0.551. The number of anilines is 1. The van der Waals surface area contributed by atoms with E-state index in [1.807, 2.05) is 48.4 Å². The maximum Gasteiger partial charge on any atom is 0.244 e. The molecule has 30 heavy (non-hydrogen) atoms. The average Bonchev–Trinajstić information content (AvgIpc) is 3.40. The number of hydrogen-bond donors (Lipinski definition) is 0. The van der Waals surface area contributed by atoms with Crippen molar-refractivity contribution in [2.45, 2.75) is 25.7 Å². The van der Waals surface area contributed by atoms with Gasteiger partial charge in [0.15, 0.2) is 0 Å². The van der Waals surface area contributed by atoms with Gasteiger partial charge in [-0.1, -0.05) is 31.4 Å². The van der Waals surface area contributed by atoms with E-state index in [2.05, 4.69) is 22.3 Å². The van der Waals surface area contributed by atoms with Crippen LogP contribution in [-0.4, -0.2) is 31.8 Å². The highest BCUT2D eigenvalue weighted by molar-refractivity contribution is 6.03. The van der Waals surface area contributed by atoms with Gasteiger partial charge in [-0.25, -0.2) is 4.52 Å². The first-order valence-electron chi connectivity index (χ1n) is 10.3. The highest BCUT2D eigenvalue weighted by Gasteiger charge is 2.33. The van der Waals surface area contributed by atoms with Crippen molar-refractivity contribution in [2.75, 3.05) is 11.4 Å². The SMILES string of the molecule is C1CC1.Cn1ncc2c(-c3cc4c(N5CCC(C#N)C5=O)ccnn4c3)cccc21. The van der Waals surface area contributed by atoms with E-state index in [9.17, 15) is 4.79 Å². The Morgan fingerprint density at radius 2 is 1.97 bits per heavy atom. The second kappa shape index (κ2) is 7.30. The molecule has 2 aliphatic rings. The van der Waals surface area contributed by atoms with Crippen LogP contribution < -0.4 is 4.90 Å². The van der Waals surface area contributed by atoms with Crippen molar-refractivity contribution < 1.29 is 4.79 Å². The van der Waals surface area contributed by atoms with Gasteiger partial charge in [0, 0.05) is 36.9 Å². The van der Waals surface area contributed by atoms with E-state index < -0.39 is 5.92 Å². The third-order valence-corrected chi connectivity index (χ3v) is 5.59. The number of rotatable bonds is 2. The molecule has 1 atom stereocenters. The Balaban J connectivity index is 0.000000592. The molecule has 1 saturated heterocycles. The van der Waals surface area contributed by atoms with Gasteiger partial charge < -0.3 is 4.90 Å². The first-order chi connectivity index (χ1) is 14.7. The number of carbonyl (C=O) groups is 1.